The first-order valence-electron chi connectivity index (χ1n) is 7.07. The summed E-state index contributed by atoms with van der Waals surface area (Å²) in [5.41, 5.74) is 3.14. The highest BCUT2D eigenvalue weighted by atomic mass is 15.1. The van der Waals surface area contributed by atoms with Crippen LogP contribution in [0.5, 0.6) is 0 Å². The smallest absolute Gasteiger partial charge is 0.116 e. The summed E-state index contributed by atoms with van der Waals surface area (Å²) in [6.45, 7) is 4.81. The molecule has 4 heteroatoms. The van der Waals surface area contributed by atoms with Gasteiger partial charge in [0.1, 0.15) is 5.82 Å². The Kier molecular flexibility index (Phi) is 3.77. The van der Waals surface area contributed by atoms with E-state index in [-0.39, 0.29) is 5.92 Å². The first kappa shape index (κ1) is 13.5. The van der Waals surface area contributed by atoms with Gasteiger partial charge >= 0.3 is 0 Å². The molecule has 1 aromatic carbocycles. The third-order valence-electron chi connectivity index (χ3n) is 3.60. The van der Waals surface area contributed by atoms with Crippen molar-refractivity contribution in [1.82, 2.24) is 19.5 Å². The second kappa shape index (κ2) is 5.87. The van der Waals surface area contributed by atoms with Gasteiger partial charge in [-0.25, -0.2) is 4.98 Å². The van der Waals surface area contributed by atoms with Gasteiger partial charge in [-0.05, 0) is 12.5 Å². The maximum atomic E-state index is 4.52. The van der Waals surface area contributed by atoms with Gasteiger partial charge in [-0.1, -0.05) is 37.3 Å². The third kappa shape index (κ3) is 2.99. The second-order valence-electron chi connectivity index (χ2n) is 5.19. The van der Waals surface area contributed by atoms with Crippen LogP contribution in [0.15, 0.2) is 55.1 Å². The number of nitrogens with zero attached hydrogens (tertiary/aromatic N) is 4. The van der Waals surface area contributed by atoms with E-state index in [1.807, 2.05) is 31.6 Å². The molecule has 0 amide bonds. The number of hydrogen-bond acceptors (Lipinski definition) is 3. The van der Waals surface area contributed by atoms with Gasteiger partial charge in [0, 0.05) is 24.5 Å². The zero-order valence-electron chi connectivity index (χ0n) is 12.3. The molecule has 4 nitrogen and oxygen atoms in total. The predicted molar refractivity (Wildman–Crippen MR) is 82.1 cm³/mol. The molecule has 2 heterocycles. The van der Waals surface area contributed by atoms with Crippen molar-refractivity contribution in [3.8, 4) is 0 Å². The van der Waals surface area contributed by atoms with Crippen LogP contribution in [-0.4, -0.2) is 19.5 Å². The SMILES string of the molecule is Cc1cnc(Cn2ccnc2C(C)c2ccccc2)cn1. The minimum Gasteiger partial charge on any atom is -0.328 e. The van der Waals surface area contributed by atoms with E-state index >= 15 is 0 Å². The molecule has 2 aromatic heterocycles. The molecule has 0 saturated carbocycles. The Labute approximate surface area is 124 Å². The lowest BCUT2D eigenvalue weighted by molar-refractivity contribution is 0.676. The number of aryl methyl sites for hydroxylation is 1. The predicted octanol–water partition coefficient (Wildman–Crippen LogP) is 3.18. The standard InChI is InChI=1S/C17H18N4/c1-13-10-20-16(11-19-13)12-21-9-8-18-17(21)14(2)15-6-4-3-5-7-15/h3-11,14H,12H2,1-2H3. The lowest BCUT2D eigenvalue weighted by Crippen LogP contribution is -2.10. The van der Waals surface area contributed by atoms with E-state index in [4.69, 9.17) is 0 Å². The fourth-order valence-corrected chi connectivity index (χ4v) is 2.40. The molecule has 0 spiro atoms. The average Bonchev–Trinajstić information content (AvgIpc) is 2.98. The van der Waals surface area contributed by atoms with Gasteiger partial charge in [0.25, 0.3) is 0 Å². The van der Waals surface area contributed by atoms with Crippen molar-refractivity contribution in [2.75, 3.05) is 0 Å². The van der Waals surface area contributed by atoms with Crippen molar-refractivity contribution >= 4 is 0 Å². The summed E-state index contributed by atoms with van der Waals surface area (Å²) in [7, 11) is 0. The van der Waals surface area contributed by atoms with Crippen LogP contribution in [0.3, 0.4) is 0 Å². The highest BCUT2D eigenvalue weighted by molar-refractivity contribution is 5.25. The highest BCUT2D eigenvalue weighted by Gasteiger charge is 2.14. The lowest BCUT2D eigenvalue weighted by atomic mass is 10.0. The maximum Gasteiger partial charge on any atom is 0.116 e. The largest absolute Gasteiger partial charge is 0.328 e. The number of rotatable bonds is 4. The summed E-state index contributed by atoms with van der Waals surface area (Å²) < 4.78 is 2.14. The van der Waals surface area contributed by atoms with E-state index in [1.54, 1.807) is 6.20 Å². The minimum absolute atomic E-state index is 0.250. The first-order chi connectivity index (χ1) is 10.2. The van der Waals surface area contributed by atoms with Gasteiger partial charge in [0.15, 0.2) is 0 Å². The van der Waals surface area contributed by atoms with Gasteiger partial charge in [0.2, 0.25) is 0 Å². The molecule has 0 bridgehead atoms. The third-order valence-corrected chi connectivity index (χ3v) is 3.60. The van der Waals surface area contributed by atoms with Crippen molar-refractivity contribution in [3.63, 3.8) is 0 Å². The molecule has 3 rings (SSSR count). The Hall–Kier alpha value is -2.49. The Morgan fingerprint density at radius 1 is 1.05 bits per heavy atom. The molecule has 21 heavy (non-hydrogen) atoms. The molecule has 1 unspecified atom stereocenters. The van der Waals surface area contributed by atoms with E-state index < -0.39 is 0 Å². The molecule has 0 fully saturated rings. The minimum atomic E-state index is 0.250. The second-order valence-corrected chi connectivity index (χ2v) is 5.19. The summed E-state index contributed by atoms with van der Waals surface area (Å²) in [6.07, 6.45) is 7.46. The Morgan fingerprint density at radius 3 is 2.57 bits per heavy atom. The van der Waals surface area contributed by atoms with Crippen molar-refractivity contribution in [1.29, 1.82) is 0 Å². The summed E-state index contributed by atoms with van der Waals surface area (Å²) >= 11 is 0. The molecule has 0 N–H and O–H groups in total. The molecule has 0 aliphatic carbocycles. The number of aromatic nitrogens is 4. The summed E-state index contributed by atoms with van der Waals surface area (Å²) in [5, 5.41) is 0. The summed E-state index contributed by atoms with van der Waals surface area (Å²) in [6, 6.07) is 10.4. The van der Waals surface area contributed by atoms with E-state index in [0.29, 0.717) is 6.54 Å². The molecular formula is C17H18N4. The average molecular weight is 278 g/mol. The Morgan fingerprint density at radius 2 is 1.86 bits per heavy atom. The molecule has 0 saturated heterocycles. The van der Waals surface area contributed by atoms with Crippen LogP contribution >= 0.6 is 0 Å². The van der Waals surface area contributed by atoms with Gasteiger partial charge in [-0.3, -0.25) is 9.97 Å². The molecule has 106 valence electrons. The topological polar surface area (TPSA) is 43.6 Å². The molecular weight excluding hydrogens is 260 g/mol. The van der Waals surface area contributed by atoms with Crippen molar-refractivity contribution < 1.29 is 0 Å². The number of benzene rings is 1. The molecule has 0 radical (unpaired) electrons. The van der Waals surface area contributed by atoms with E-state index in [9.17, 15) is 0 Å². The van der Waals surface area contributed by atoms with Crippen molar-refractivity contribution in [2.24, 2.45) is 0 Å². The monoisotopic (exact) mass is 278 g/mol. The van der Waals surface area contributed by atoms with Gasteiger partial charge in [-0.2, -0.15) is 0 Å². The van der Waals surface area contributed by atoms with Crippen LogP contribution in [0.25, 0.3) is 0 Å². The highest BCUT2D eigenvalue weighted by Crippen LogP contribution is 2.22. The fourth-order valence-electron chi connectivity index (χ4n) is 2.40. The van der Waals surface area contributed by atoms with Crippen LogP contribution in [0.1, 0.15) is 35.6 Å². The quantitative estimate of drug-likeness (QED) is 0.736. The zero-order valence-corrected chi connectivity index (χ0v) is 12.3. The Balaban J connectivity index is 1.85. The van der Waals surface area contributed by atoms with Crippen LogP contribution in [-0.2, 0) is 6.54 Å². The van der Waals surface area contributed by atoms with Crippen molar-refractivity contribution in [3.05, 3.63) is 77.9 Å². The van der Waals surface area contributed by atoms with E-state index in [0.717, 1.165) is 17.2 Å². The van der Waals surface area contributed by atoms with Crippen LogP contribution in [0.4, 0.5) is 0 Å². The van der Waals surface area contributed by atoms with E-state index in [2.05, 4.69) is 50.7 Å². The molecule has 0 aliphatic heterocycles. The first-order valence-corrected chi connectivity index (χ1v) is 7.07. The van der Waals surface area contributed by atoms with Crippen LogP contribution < -0.4 is 0 Å². The van der Waals surface area contributed by atoms with Gasteiger partial charge < -0.3 is 4.57 Å². The maximum absolute atomic E-state index is 4.52. The normalized spacial score (nSPS) is 12.3. The summed E-state index contributed by atoms with van der Waals surface area (Å²) in [5.74, 6) is 1.29. The Bertz CT molecular complexity index is 701. The van der Waals surface area contributed by atoms with Crippen molar-refractivity contribution in [2.45, 2.75) is 26.3 Å². The lowest BCUT2D eigenvalue weighted by Gasteiger charge is -2.14. The van der Waals surface area contributed by atoms with Gasteiger partial charge in [0.05, 0.1) is 24.1 Å². The number of hydrogen-bond donors (Lipinski definition) is 0. The van der Waals surface area contributed by atoms with E-state index in [1.165, 1.54) is 5.56 Å². The van der Waals surface area contributed by atoms with Gasteiger partial charge in [-0.15, -0.1) is 0 Å². The van der Waals surface area contributed by atoms with Crippen LogP contribution in [0, 0.1) is 6.92 Å². The fraction of sp³-hybridized carbons (Fsp3) is 0.235. The zero-order chi connectivity index (χ0) is 14.7. The summed E-state index contributed by atoms with van der Waals surface area (Å²) in [4.78, 5) is 13.2. The molecule has 0 aliphatic rings. The van der Waals surface area contributed by atoms with Crippen LogP contribution in [0.2, 0.25) is 0 Å². The molecule has 3 aromatic rings. The number of imidazole rings is 1. The molecule has 1 atom stereocenters.